The Balaban J connectivity index is 2.13. The molecule has 3 rings (SSSR count). The quantitative estimate of drug-likeness (QED) is 0.650. The van der Waals surface area contributed by atoms with E-state index in [4.69, 9.17) is 4.74 Å². The first kappa shape index (κ1) is 20.4. The molecule has 1 N–H and O–H groups in total. The molecule has 0 spiro atoms. The topological polar surface area (TPSA) is 82.3 Å². The number of aryl methyl sites for hydroxylation is 3. The Hall–Kier alpha value is -3.35. The number of hydrogen-bond acceptors (Lipinski definition) is 4. The first-order valence-corrected chi connectivity index (χ1v) is 9.74. The second-order valence-corrected chi connectivity index (χ2v) is 6.64. The van der Waals surface area contributed by atoms with Crippen molar-refractivity contribution in [3.63, 3.8) is 0 Å². The molecule has 1 aromatic heterocycles. The highest BCUT2D eigenvalue weighted by Crippen LogP contribution is 2.25. The number of rotatable bonds is 6. The number of carbonyl (C=O) groups excluding carboxylic acids is 1. The Morgan fingerprint density at radius 2 is 1.55 bits per heavy atom. The van der Waals surface area contributed by atoms with Gasteiger partial charge in [-0.05, 0) is 57.5 Å². The molecule has 152 valence electrons. The van der Waals surface area contributed by atoms with E-state index >= 15 is 0 Å². The summed E-state index contributed by atoms with van der Waals surface area (Å²) in [6.45, 7) is 8.56. The van der Waals surface area contributed by atoms with Crippen molar-refractivity contribution < 1.29 is 9.53 Å². The van der Waals surface area contributed by atoms with Gasteiger partial charge in [0.05, 0.1) is 23.2 Å². The maximum absolute atomic E-state index is 12.9. The summed E-state index contributed by atoms with van der Waals surface area (Å²) in [5, 5.41) is 2.92. The van der Waals surface area contributed by atoms with Crippen molar-refractivity contribution in [1.29, 1.82) is 0 Å². The van der Waals surface area contributed by atoms with E-state index in [1.54, 1.807) is 24.3 Å². The maximum Gasteiger partial charge on any atom is 0.316 e. The molecule has 0 aliphatic rings. The van der Waals surface area contributed by atoms with Gasteiger partial charge in [0.25, 0.3) is 5.91 Å². The molecule has 2 aromatic carbocycles. The second-order valence-electron chi connectivity index (χ2n) is 6.64. The molecule has 0 aliphatic carbocycles. The van der Waals surface area contributed by atoms with Crippen LogP contribution in [0.4, 0.5) is 5.69 Å². The molecule has 0 aliphatic heterocycles. The zero-order chi connectivity index (χ0) is 21.1. The van der Waals surface area contributed by atoms with Crippen LogP contribution in [0.2, 0.25) is 0 Å². The predicted octanol–water partition coefficient (Wildman–Crippen LogP) is 3.16. The van der Waals surface area contributed by atoms with Gasteiger partial charge < -0.3 is 19.2 Å². The average molecular weight is 395 g/mol. The maximum atomic E-state index is 12.9. The average Bonchev–Trinajstić information content (AvgIpc) is 2.71. The highest BCUT2D eigenvalue weighted by atomic mass is 16.5. The predicted molar refractivity (Wildman–Crippen MR) is 114 cm³/mol. The molecule has 29 heavy (non-hydrogen) atoms. The van der Waals surface area contributed by atoms with Crippen LogP contribution in [0, 0.1) is 6.92 Å². The number of benzene rings is 2. The number of anilines is 1. The summed E-state index contributed by atoms with van der Waals surface area (Å²) in [5.74, 6) is 0.210. The molecule has 0 unspecified atom stereocenters. The molecular weight excluding hydrogens is 370 g/mol. The Kier molecular flexibility index (Phi) is 5.87. The van der Waals surface area contributed by atoms with E-state index in [0.717, 1.165) is 5.56 Å². The van der Waals surface area contributed by atoms with E-state index in [-0.39, 0.29) is 5.91 Å². The number of amides is 1. The van der Waals surface area contributed by atoms with E-state index in [9.17, 15) is 14.4 Å². The van der Waals surface area contributed by atoms with Gasteiger partial charge in [0.15, 0.2) is 0 Å². The van der Waals surface area contributed by atoms with E-state index in [1.807, 2.05) is 39.8 Å². The molecule has 0 atom stereocenters. The van der Waals surface area contributed by atoms with Gasteiger partial charge in [-0.1, -0.05) is 12.1 Å². The number of para-hydroxylation sites is 1. The fourth-order valence-electron chi connectivity index (χ4n) is 3.45. The number of ether oxygens (including phenoxy) is 1. The summed E-state index contributed by atoms with van der Waals surface area (Å²) < 4.78 is 8.45. The SMILES string of the molecule is CCOc1ccccc1C(=O)Nc1cc2c(cc1C)n(CC)c(=O)c(=O)n2CC. The summed E-state index contributed by atoms with van der Waals surface area (Å²) in [5.41, 5.74) is 1.98. The highest BCUT2D eigenvalue weighted by molar-refractivity contribution is 6.07. The van der Waals surface area contributed by atoms with Gasteiger partial charge >= 0.3 is 11.1 Å². The number of hydrogen-bond donors (Lipinski definition) is 1. The van der Waals surface area contributed by atoms with Crippen molar-refractivity contribution in [3.8, 4) is 5.75 Å². The first-order chi connectivity index (χ1) is 13.9. The van der Waals surface area contributed by atoms with Crippen LogP contribution in [0.5, 0.6) is 5.75 Å². The number of fused-ring (bicyclic) bond motifs is 1. The van der Waals surface area contributed by atoms with Crippen molar-refractivity contribution in [3.05, 3.63) is 68.2 Å². The van der Waals surface area contributed by atoms with Gasteiger partial charge in [0.2, 0.25) is 0 Å². The molecule has 1 heterocycles. The normalized spacial score (nSPS) is 10.9. The molecule has 0 saturated heterocycles. The minimum atomic E-state index is -0.565. The van der Waals surface area contributed by atoms with Crippen LogP contribution in [0.3, 0.4) is 0 Å². The molecule has 0 fully saturated rings. The monoisotopic (exact) mass is 395 g/mol. The lowest BCUT2D eigenvalue weighted by atomic mass is 10.1. The van der Waals surface area contributed by atoms with E-state index in [1.165, 1.54) is 9.13 Å². The van der Waals surface area contributed by atoms with Crippen LogP contribution >= 0.6 is 0 Å². The molecule has 3 aromatic rings. The Morgan fingerprint density at radius 1 is 0.966 bits per heavy atom. The molecule has 7 heteroatoms. The van der Waals surface area contributed by atoms with Crippen molar-refractivity contribution in [1.82, 2.24) is 9.13 Å². The first-order valence-electron chi connectivity index (χ1n) is 9.74. The van der Waals surface area contributed by atoms with Crippen molar-refractivity contribution >= 4 is 22.6 Å². The van der Waals surface area contributed by atoms with Crippen LogP contribution < -0.4 is 21.2 Å². The smallest absolute Gasteiger partial charge is 0.316 e. The Labute approximate surface area is 168 Å². The van der Waals surface area contributed by atoms with E-state index in [0.29, 0.717) is 47.7 Å². The summed E-state index contributed by atoms with van der Waals surface area (Å²) in [6, 6.07) is 10.6. The lowest BCUT2D eigenvalue weighted by Gasteiger charge is -2.17. The molecule has 1 amide bonds. The number of carbonyl (C=O) groups is 1. The number of nitrogens with zero attached hydrogens (tertiary/aromatic N) is 2. The Bertz CT molecular complexity index is 1190. The van der Waals surface area contributed by atoms with E-state index in [2.05, 4.69) is 5.32 Å². The number of aromatic nitrogens is 2. The summed E-state index contributed by atoms with van der Waals surface area (Å²) >= 11 is 0. The largest absolute Gasteiger partial charge is 0.493 e. The lowest BCUT2D eigenvalue weighted by molar-refractivity contribution is 0.102. The minimum Gasteiger partial charge on any atom is -0.493 e. The highest BCUT2D eigenvalue weighted by Gasteiger charge is 2.17. The van der Waals surface area contributed by atoms with Crippen molar-refractivity contribution in [2.45, 2.75) is 40.8 Å². The van der Waals surface area contributed by atoms with Gasteiger partial charge in [-0.25, -0.2) is 0 Å². The van der Waals surface area contributed by atoms with Gasteiger partial charge in [-0.15, -0.1) is 0 Å². The van der Waals surface area contributed by atoms with Gasteiger partial charge in [0.1, 0.15) is 5.75 Å². The van der Waals surface area contributed by atoms with Crippen LogP contribution in [0.25, 0.3) is 11.0 Å². The molecule has 0 saturated carbocycles. The van der Waals surface area contributed by atoms with E-state index < -0.39 is 11.1 Å². The summed E-state index contributed by atoms with van der Waals surface area (Å²) in [6.07, 6.45) is 0. The summed E-state index contributed by atoms with van der Waals surface area (Å²) in [4.78, 5) is 37.8. The third-order valence-corrected chi connectivity index (χ3v) is 4.89. The third kappa shape index (κ3) is 3.68. The second kappa shape index (κ2) is 8.34. The van der Waals surface area contributed by atoms with Gasteiger partial charge in [-0.2, -0.15) is 0 Å². The fraction of sp³-hybridized carbons (Fsp3) is 0.318. The fourth-order valence-corrected chi connectivity index (χ4v) is 3.45. The van der Waals surface area contributed by atoms with Gasteiger partial charge in [0, 0.05) is 18.8 Å². The van der Waals surface area contributed by atoms with Crippen molar-refractivity contribution in [2.75, 3.05) is 11.9 Å². The molecule has 0 radical (unpaired) electrons. The summed E-state index contributed by atoms with van der Waals surface area (Å²) in [7, 11) is 0. The molecular formula is C22H25N3O4. The third-order valence-electron chi connectivity index (χ3n) is 4.89. The molecule has 0 bridgehead atoms. The van der Waals surface area contributed by atoms with Gasteiger partial charge in [-0.3, -0.25) is 14.4 Å². The minimum absolute atomic E-state index is 0.300. The zero-order valence-corrected chi connectivity index (χ0v) is 17.1. The van der Waals surface area contributed by atoms with Crippen molar-refractivity contribution in [2.24, 2.45) is 0 Å². The zero-order valence-electron chi connectivity index (χ0n) is 17.1. The van der Waals surface area contributed by atoms with Crippen LogP contribution in [-0.2, 0) is 13.1 Å². The number of nitrogens with one attached hydrogen (secondary N) is 1. The van der Waals surface area contributed by atoms with Crippen LogP contribution in [0.1, 0.15) is 36.7 Å². The van der Waals surface area contributed by atoms with Crippen LogP contribution in [-0.4, -0.2) is 21.6 Å². The Morgan fingerprint density at radius 3 is 2.14 bits per heavy atom. The standard InChI is InChI=1S/C22H25N3O4/c1-5-24-17-12-14(4)16(13-18(17)25(6-2)22(28)21(24)27)23-20(26)15-10-8-9-11-19(15)29-7-3/h8-13H,5-7H2,1-4H3,(H,23,26). The molecule has 7 nitrogen and oxygen atoms in total. The lowest BCUT2D eigenvalue weighted by Crippen LogP contribution is -2.41. The van der Waals surface area contributed by atoms with Crippen LogP contribution in [0.15, 0.2) is 46.0 Å².